The summed E-state index contributed by atoms with van der Waals surface area (Å²) in [5.41, 5.74) is 6.52. The first-order valence-corrected chi connectivity index (χ1v) is 6.59. The fourth-order valence-corrected chi connectivity index (χ4v) is 2.64. The van der Waals surface area contributed by atoms with Gasteiger partial charge in [-0.05, 0) is 20.3 Å². The van der Waals surface area contributed by atoms with Crippen molar-refractivity contribution in [2.45, 2.75) is 32.4 Å². The van der Waals surface area contributed by atoms with E-state index in [2.05, 4.69) is 10.3 Å². The topological polar surface area (TPSA) is 77.2 Å². The highest BCUT2D eigenvalue weighted by atomic mass is 32.1. The molecule has 3 unspecified atom stereocenters. The van der Waals surface area contributed by atoms with E-state index < -0.39 is 0 Å². The summed E-state index contributed by atoms with van der Waals surface area (Å²) in [5.74, 6) is -0.0850. The predicted octanol–water partition coefficient (Wildman–Crippen LogP) is 1.53. The van der Waals surface area contributed by atoms with Gasteiger partial charge in [0.2, 0.25) is 5.91 Å². The predicted molar refractivity (Wildman–Crippen MR) is 66.9 cm³/mol. The van der Waals surface area contributed by atoms with Crippen LogP contribution in [0.1, 0.15) is 32.0 Å². The summed E-state index contributed by atoms with van der Waals surface area (Å²) in [6.45, 7) is 4.45. The Labute approximate surface area is 104 Å². The molecule has 0 bridgehead atoms. The lowest BCUT2D eigenvalue weighted by Crippen LogP contribution is -2.27. The molecule has 0 aromatic carbocycles. The minimum absolute atomic E-state index is 0.0112. The van der Waals surface area contributed by atoms with Gasteiger partial charge in [0.05, 0.1) is 17.7 Å². The number of anilines is 1. The molecule has 0 saturated carbocycles. The minimum Gasteiger partial charge on any atom is -0.378 e. The molecule has 1 aromatic rings. The smallest absolute Gasteiger partial charge is 0.231 e. The van der Waals surface area contributed by atoms with E-state index in [-0.39, 0.29) is 24.0 Å². The molecule has 1 aliphatic rings. The highest BCUT2D eigenvalue weighted by molar-refractivity contribution is 7.13. The number of hydrogen-bond acceptors (Lipinski definition) is 5. The van der Waals surface area contributed by atoms with Crippen LogP contribution < -0.4 is 11.1 Å². The molecule has 17 heavy (non-hydrogen) atoms. The number of thiazole rings is 1. The maximum atomic E-state index is 11.9. The number of nitrogens with two attached hydrogens (primary N) is 1. The standard InChI is InChI=1S/C11H17N3O2S/c1-6(12)9-5-17-11(13-9)14-10(15)8-3-4-16-7(8)2/h5-8H,3-4,12H2,1-2H3,(H,13,14,15). The van der Waals surface area contributed by atoms with Crippen molar-refractivity contribution >= 4 is 22.4 Å². The second-order valence-corrected chi connectivity index (χ2v) is 5.18. The average Bonchev–Trinajstić information content (AvgIpc) is 2.86. The molecule has 6 heteroatoms. The maximum Gasteiger partial charge on any atom is 0.231 e. The molecule has 5 nitrogen and oxygen atoms in total. The molecule has 1 amide bonds. The third-order valence-electron chi connectivity index (χ3n) is 2.93. The summed E-state index contributed by atoms with van der Waals surface area (Å²) in [6, 6.07) is -0.106. The van der Waals surface area contributed by atoms with Crippen molar-refractivity contribution < 1.29 is 9.53 Å². The molecule has 0 radical (unpaired) electrons. The van der Waals surface area contributed by atoms with Gasteiger partial charge in [0.1, 0.15) is 0 Å². The number of nitrogens with zero attached hydrogens (tertiary/aromatic N) is 1. The molecule has 3 atom stereocenters. The van der Waals surface area contributed by atoms with E-state index in [9.17, 15) is 4.79 Å². The molecule has 3 N–H and O–H groups in total. The summed E-state index contributed by atoms with van der Waals surface area (Å²) in [4.78, 5) is 16.2. The first kappa shape index (κ1) is 12.5. The molecule has 1 saturated heterocycles. The van der Waals surface area contributed by atoms with Gasteiger partial charge in [-0.15, -0.1) is 11.3 Å². The van der Waals surface area contributed by atoms with Crippen LogP contribution in [0.2, 0.25) is 0 Å². The van der Waals surface area contributed by atoms with Gasteiger partial charge in [0, 0.05) is 18.0 Å². The van der Waals surface area contributed by atoms with Crippen LogP contribution >= 0.6 is 11.3 Å². The quantitative estimate of drug-likeness (QED) is 0.858. The SMILES string of the molecule is CC(N)c1csc(NC(=O)C2CCOC2C)n1. The second kappa shape index (κ2) is 5.12. The Balaban J connectivity index is 1.97. The first-order valence-electron chi connectivity index (χ1n) is 5.71. The number of amides is 1. The molecule has 0 aliphatic carbocycles. The Morgan fingerprint density at radius 3 is 3.06 bits per heavy atom. The van der Waals surface area contributed by atoms with E-state index in [1.807, 2.05) is 19.2 Å². The number of carbonyl (C=O) groups excluding carboxylic acids is 1. The van der Waals surface area contributed by atoms with E-state index in [1.165, 1.54) is 11.3 Å². The second-order valence-electron chi connectivity index (χ2n) is 4.33. The molecular formula is C11H17N3O2S. The van der Waals surface area contributed by atoms with Crippen LogP contribution in [0.4, 0.5) is 5.13 Å². The Morgan fingerprint density at radius 2 is 2.53 bits per heavy atom. The lowest BCUT2D eigenvalue weighted by Gasteiger charge is -2.12. The number of carbonyl (C=O) groups is 1. The monoisotopic (exact) mass is 255 g/mol. The number of aromatic nitrogens is 1. The van der Waals surface area contributed by atoms with Crippen LogP contribution in [-0.2, 0) is 9.53 Å². The van der Waals surface area contributed by atoms with Crippen molar-refractivity contribution in [1.82, 2.24) is 4.98 Å². The number of hydrogen-bond donors (Lipinski definition) is 2. The van der Waals surface area contributed by atoms with Gasteiger partial charge < -0.3 is 15.8 Å². The summed E-state index contributed by atoms with van der Waals surface area (Å²) >= 11 is 1.40. The van der Waals surface area contributed by atoms with Crippen LogP contribution in [0.25, 0.3) is 0 Å². The molecule has 94 valence electrons. The molecule has 1 aliphatic heterocycles. The van der Waals surface area contributed by atoms with E-state index in [0.717, 1.165) is 12.1 Å². The Kier molecular flexibility index (Phi) is 3.76. The lowest BCUT2D eigenvalue weighted by molar-refractivity contribution is -0.121. The third-order valence-corrected chi connectivity index (χ3v) is 3.71. The lowest BCUT2D eigenvalue weighted by atomic mass is 10.0. The number of rotatable bonds is 3. The Morgan fingerprint density at radius 1 is 1.76 bits per heavy atom. The van der Waals surface area contributed by atoms with Gasteiger partial charge in [0.15, 0.2) is 5.13 Å². The van der Waals surface area contributed by atoms with E-state index in [4.69, 9.17) is 10.5 Å². The zero-order valence-electron chi connectivity index (χ0n) is 9.97. The first-order chi connectivity index (χ1) is 8.08. The largest absolute Gasteiger partial charge is 0.378 e. The van der Waals surface area contributed by atoms with Gasteiger partial charge in [-0.3, -0.25) is 4.79 Å². The fraction of sp³-hybridized carbons (Fsp3) is 0.636. The van der Waals surface area contributed by atoms with Crippen LogP contribution in [0, 0.1) is 5.92 Å². The van der Waals surface area contributed by atoms with Crippen molar-refractivity contribution in [2.75, 3.05) is 11.9 Å². The van der Waals surface area contributed by atoms with Gasteiger partial charge >= 0.3 is 0 Å². The van der Waals surface area contributed by atoms with Crippen LogP contribution in [-0.4, -0.2) is 23.6 Å². The van der Waals surface area contributed by atoms with Crippen molar-refractivity contribution in [2.24, 2.45) is 11.7 Å². The molecule has 1 fully saturated rings. The highest BCUT2D eigenvalue weighted by Crippen LogP contribution is 2.24. The summed E-state index contributed by atoms with van der Waals surface area (Å²) < 4.78 is 5.37. The Hall–Kier alpha value is -0.980. The normalized spacial score (nSPS) is 25.8. The number of nitrogens with one attached hydrogen (secondary N) is 1. The zero-order chi connectivity index (χ0) is 12.4. The fourth-order valence-electron chi connectivity index (χ4n) is 1.83. The van der Waals surface area contributed by atoms with Crippen molar-refractivity contribution in [1.29, 1.82) is 0 Å². The number of ether oxygens (including phenoxy) is 1. The summed E-state index contributed by atoms with van der Waals surface area (Å²) in [6.07, 6.45) is 0.765. The summed E-state index contributed by atoms with van der Waals surface area (Å²) in [5, 5.41) is 5.30. The van der Waals surface area contributed by atoms with Gasteiger partial charge in [0.25, 0.3) is 0 Å². The third kappa shape index (κ3) is 2.83. The molecule has 0 spiro atoms. The summed E-state index contributed by atoms with van der Waals surface area (Å²) in [7, 11) is 0. The van der Waals surface area contributed by atoms with Crippen molar-refractivity contribution in [3.8, 4) is 0 Å². The van der Waals surface area contributed by atoms with Gasteiger partial charge in [-0.2, -0.15) is 0 Å². The molecule has 2 heterocycles. The van der Waals surface area contributed by atoms with Crippen LogP contribution in [0.15, 0.2) is 5.38 Å². The van der Waals surface area contributed by atoms with E-state index in [0.29, 0.717) is 11.7 Å². The molecule has 2 rings (SSSR count). The molecular weight excluding hydrogens is 238 g/mol. The van der Waals surface area contributed by atoms with E-state index >= 15 is 0 Å². The minimum atomic E-state index is -0.106. The van der Waals surface area contributed by atoms with Crippen LogP contribution in [0.5, 0.6) is 0 Å². The van der Waals surface area contributed by atoms with Gasteiger partial charge in [-0.25, -0.2) is 4.98 Å². The van der Waals surface area contributed by atoms with E-state index in [1.54, 1.807) is 0 Å². The van der Waals surface area contributed by atoms with Crippen molar-refractivity contribution in [3.63, 3.8) is 0 Å². The molecule has 1 aromatic heterocycles. The Bertz CT molecular complexity index is 405. The average molecular weight is 255 g/mol. The van der Waals surface area contributed by atoms with Crippen LogP contribution in [0.3, 0.4) is 0 Å². The maximum absolute atomic E-state index is 11.9. The highest BCUT2D eigenvalue weighted by Gasteiger charge is 2.31. The zero-order valence-corrected chi connectivity index (χ0v) is 10.8. The van der Waals surface area contributed by atoms with Crippen molar-refractivity contribution in [3.05, 3.63) is 11.1 Å². The van der Waals surface area contributed by atoms with Gasteiger partial charge in [-0.1, -0.05) is 0 Å².